The van der Waals surface area contributed by atoms with E-state index in [1.165, 1.54) is 16.7 Å². The zero-order chi connectivity index (χ0) is 26.1. The van der Waals surface area contributed by atoms with E-state index in [0.29, 0.717) is 32.1 Å². The maximum absolute atomic E-state index is 12.8. The molecule has 5 heteroatoms. The predicted octanol–water partition coefficient (Wildman–Crippen LogP) is 5.69. The van der Waals surface area contributed by atoms with Gasteiger partial charge in [0.2, 0.25) is 0 Å². The van der Waals surface area contributed by atoms with Gasteiger partial charge in [-0.1, -0.05) is 57.4 Å². The van der Waals surface area contributed by atoms with Crippen LogP contribution in [0.5, 0.6) is 0 Å². The Hall–Kier alpha value is -1.46. The zero-order valence-corrected chi connectivity index (χ0v) is 22.8. The summed E-state index contributed by atoms with van der Waals surface area (Å²) in [5, 5.41) is 33.2. The fraction of sp³-hybridized carbons (Fsp3) is 0.800. The van der Waals surface area contributed by atoms with E-state index in [1.807, 2.05) is 27.7 Å². The van der Waals surface area contributed by atoms with Crippen molar-refractivity contribution in [2.75, 3.05) is 0 Å². The minimum atomic E-state index is -0.815. The smallest absolute Gasteiger partial charge is 0.306 e. The predicted molar refractivity (Wildman–Crippen MR) is 137 cm³/mol. The van der Waals surface area contributed by atoms with Crippen LogP contribution in [-0.4, -0.2) is 39.3 Å². The summed E-state index contributed by atoms with van der Waals surface area (Å²) in [6, 6.07) is 0. The summed E-state index contributed by atoms with van der Waals surface area (Å²) in [6.07, 6.45) is 6.07. The number of carbonyl (C=O) groups excluding carboxylic acids is 1. The molecule has 35 heavy (non-hydrogen) atoms. The molecule has 4 rings (SSSR count). The summed E-state index contributed by atoms with van der Waals surface area (Å²) >= 11 is 0. The van der Waals surface area contributed by atoms with E-state index in [4.69, 9.17) is 0 Å². The number of hydrogen-bond acceptors (Lipinski definition) is 4. The van der Waals surface area contributed by atoms with Crippen LogP contribution in [0.1, 0.15) is 99.8 Å². The van der Waals surface area contributed by atoms with Crippen LogP contribution in [0, 0.1) is 39.4 Å². The van der Waals surface area contributed by atoms with Crippen LogP contribution < -0.4 is 0 Å². The first-order valence-electron chi connectivity index (χ1n) is 13.6. The lowest BCUT2D eigenvalue weighted by atomic mass is 9.43. The second-order valence-electron chi connectivity index (χ2n) is 13.6. The van der Waals surface area contributed by atoms with Gasteiger partial charge in [-0.2, -0.15) is 0 Å². The molecular weight excluding hydrogens is 440 g/mol. The van der Waals surface area contributed by atoms with Gasteiger partial charge in [0.1, 0.15) is 5.78 Å². The molecule has 0 radical (unpaired) electrons. The highest BCUT2D eigenvalue weighted by Gasteiger charge is 2.67. The summed E-state index contributed by atoms with van der Waals surface area (Å²) in [7, 11) is 0. The van der Waals surface area contributed by atoms with E-state index >= 15 is 0 Å². The van der Waals surface area contributed by atoms with E-state index in [2.05, 4.69) is 26.8 Å². The largest absolute Gasteiger partial charge is 0.481 e. The third-order valence-electron chi connectivity index (χ3n) is 11.3. The van der Waals surface area contributed by atoms with Crippen LogP contribution in [0.15, 0.2) is 22.8 Å². The second-order valence-corrected chi connectivity index (χ2v) is 13.6. The van der Waals surface area contributed by atoms with Crippen LogP contribution in [0.4, 0.5) is 0 Å². The first-order chi connectivity index (χ1) is 16.1. The Kier molecular flexibility index (Phi) is 6.50. The Morgan fingerprint density at radius 2 is 1.69 bits per heavy atom. The quantitative estimate of drug-likeness (QED) is 0.434. The molecule has 0 spiro atoms. The van der Waals surface area contributed by atoms with Gasteiger partial charge in [-0.05, 0) is 75.0 Å². The van der Waals surface area contributed by atoms with Crippen molar-refractivity contribution >= 4 is 11.8 Å². The van der Waals surface area contributed by atoms with Crippen molar-refractivity contribution in [3.63, 3.8) is 0 Å². The Morgan fingerprint density at radius 1 is 1.03 bits per heavy atom. The van der Waals surface area contributed by atoms with Crippen molar-refractivity contribution in [1.29, 1.82) is 0 Å². The third-order valence-corrected chi connectivity index (χ3v) is 11.3. The molecule has 0 unspecified atom stereocenters. The van der Waals surface area contributed by atoms with Crippen LogP contribution in [0.3, 0.4) is 0 Å². The van der Waals surface area contributed by atoms with Crippen molar-refractivity contribution in [1.82, 2.24) is 0 Å². The molecule has 196 valence electrons. The first kappa shape index (κ1) is 26.6. The Balaban J connectivity index is 1.77. The topological polar surface area (TPSA) is 94.8 Å². The molecule has 0 aromatic rings. The van der Waals surface area contributed by atoms with Crippen LogP contribution in [0.2, 0.25) is 0 Å². The fourth-order valence-corrected chi connectivity index (χ4v) is 9.44. The third kappa shape index (κ3) is 3.70. The van der Waals surface area contributed by atoms with Crippen LogP contribution in [0.25, 0.3) is 0 Å². The van der Waals surface area contributed by atoms with Crippen molar-refractivity contribution in [2.24, 2.45) is 39.4 Å². The molecule has 0 amide bonds. The van der Waals surface area contributed by atoms with E-state index < -0.39 is 29.5 Å². The number of Topliss-reactive ketones (excluding diaryl/α,β-unsaturated/α-hetero) is 1. The maximum atomic E-state index is 12.8. The number of carbonyl (C=O) groups is 2. The average Bonchev–Trinajstić information content (AvgIpc) is 2.94. The number of allylic oxidation sites excluding steroid dienone is 3. The van der Waals surface area contributed by atoms with Crippen molar-refractivity contribution in [3.05, 3.63) is 22.8 Å². The molecule has 5 nitrogen and oxygen atoms in total. The van der Waals surface area contributed by atoms with Gasteiger partial charge in [-0.25, -0.2) is 0 Å². The zero-order valence-electron chi connectivity index (χ0n) is 22.8. The van der Waals surface area contributed by atoms with Gasteiger partial charge in [-0.15, -0.1) is 0 Å². The summed E-state index contributed by atoms with van der Waals surface area (Å²) in [5.74, 6) is -1.60. The summed E-state index contributed by atoms with van der Waals surface area (Å²) < 4.78 is 0. The lowest BCUT2D eigenvalue weighted by Gasteiger charge is -2.61. The first-order valence-corrected chi connectivity index (χ1v) is 13.6. The molecule has 2 fully saturated rings. The number of carboxylic acid groups (broad SMARTS) is 1. The number of aliphatic carboxylic acids is 1. The Morgan fingerprint density at radius 3 is 2.29 bits per heavy atom. The monoisotopic (exact) mass is 486 g/mol. The highest BCUT2D eigenvalue weighted by atomic mass is 16.4. The van der Waals surface area contributed by atoms with Gasteiger partial charge >= 0.3 is 5.97 Å². The minimum absolute atomic E-state index is 0.110. The van der Waals surface area contributed by atoms with E-state index in [0.717, 1.165) is 19.3 Å². The molecule has 0 heterocycles. The highest BCUT2D eigenvalue weighted by molar-refractivity contribution is 5.86. The molecule has 2 saturated carbocycles. The van der Waals surface area contributed by atoms with Gasteiger partial charge in [0, 0.05) is 23.7 Å². The Labute approximate surface area is 211 Å². The second kappa shape index (κ2) is 8.55. The molecule has 0 saturated heterocycles. The Bertz CT molecular complexity index is 971. The van der Waals surface area contributed by atoms with Crippen molar-refractivity contribution in [2.45, 2.75) is 112 Å². The molecule has 0 aliphatic heterocycles. The fourth-order valence-electron chi connectivity index (χ4n) is 9.44. The number of ketones is 1. The SMILES string of the molecule is CC(C)=CCC[C@@H](C(=O)O)[C@H]1[C@H](O)C[C@@]2(C)C3=C(CC[C@]12C)[C@@]1(C)CCC(=O)C(C)(C)[C@@H]1[C@@H](O)C3. The van der Waals surface area contributed by atoms with E-state index in [9.17, 15) is 24.9 Å². The lowest BCUT2D eigenvalue weighted by molar-refractivity contribution is -0.150. The average molecular weight is 487 g/mol. The number of fused-ring (bicyclic) bond motifs is 4. The van der Waals surface area contributed by atoms with Gasteiger partial charge in [0.25, 0.3) is 0 Å². The number of aliphatic hydroxyl groups excluding tert-OH is 2. The van der Waals surface area contributed by atoms with Gasteiger partial charge in [0.05, 0.1) is 18.1 Å². The van der Waals surface area contributed by atoms with Crippen molar-refractivity contribution in [3.8, 4) is 0 Å². The molecule has 4 aliphatic rings. The standard InChI is InChI=1S/C30H46O5/c1-17(2)9-8-10-18(26(34)35)24-22(32)16-30(7)20-15-21(31)25-27(3,4)23(33)12-13-28(25,5)19(20)11-14-29(24,30)6/h9,18,21-22,24-25,31-32H,8,10-16H2,1-7H3,(H,34,35)/t18-,21+,22-,24+,25+,28-,29-,30+/m1/s1. The van der Waals surface area contributed by atoms with Crippen molar-refractivity contribution < 1.29 is 24.9 Å². The highest BCUT2D eigenvalue weighted by Crippen LogP contribution is 2.72. The number of aliphatic hydroxyl groups is 2. The van der Waals surface area contributed by atoms with Gasteiger partial charge < -0.3 is 15.3 Å². The normalized spacial score (nSPS) is 43.2. The summed E-state index contributed by atoms with van der Waals surface area (Å²) in [4.78, 5) is 25.3. The molecule has 4 aliphatic carbocycles. The molecule has 0 aromatic carbocycles. The van der Waals surface area contributed by atoms with E-state index in [-0.39, 0.29) is 33.9 Å². The minimum Gasteiger partial charge on any atom is -0.481 e. The number of rotatable bonds is 5. The van der Waals surface area contributed by atoms with E-state index in [1.54, 1.807) is 0 Å². The molecule has 0 bridgehead atoms. The van der Waals surface area contributed by atoms with Crippen LogP contribution in [-0.2, 0) is 9.59 Å². The molecule has 0 aromatic heterocycles. The molecular formula is C30H46O5. The van der Waals surface area contributed by atoms with Gasteiger partial charge in [-0.3, -0.25) is 9.59 Å². The number of carboxylic acids is 1. The maximum Gasteiger partial charge on any atom is 0.306 e. The van der Waals surface area contributed by atoms with Gasteiger partial charge in [0.15, 0.2) is 0 Å². The summed E-state index contributed by atoms with van der Waals surface area (Å²) in [6.45, 7) is 14.7. The summed E-state index contributed by atoms with van der Waals surface area (Å²) in [5.41, 5.74) is 2.28. The number of hydrogen-bond donors (Lipinski definition) is 3. The molecule has 3 N–H and O–H groups in total. The van der Waals surface area contributed by atoms with Crippen LogP contribution >= 0.6 is 0 Å². The lowest BCUT2D eigenvalue weighted by Crippen LogP contribution is -2.58. The molecule has 8 atom stereocenters.